The minimum Gasteiger partial charge on any atom is -0.333 e. The Kier molecular flexibility index (Phi) is 5.37. The van der Waals surface area contributed by atoms with E-state index >= 15 is 0 Å². The highest BCUT2D eigenvalue weighted by atomic mass is 14.7. The number of hydrogen-bond donors (Lipinski definition) is 1. The van der Waals surface area contributed by atoms with Gasteiger partial charge in [-0.2, -0.15) is 0 Å². The molecule has 90 valence electrons. The standard InChI is InChI=1S/C14H15N.CH5N/c1-3-12-10-11(2)7-8-13(12)14-6-4-5-9-15-14;1-2/h4-10H,3H2,1-2H3;2H2,1H3. The van der Waals surface area contributed by atoms with E-state index in [-0.39, 0.29) is 0 Å². The molecule has 0 aliphatic carbocycles. The van der Waals surface area contributed by atoms with Crippen molar-refractivity contribution in [3.8, 4) is 11.3 Å². The number of hydrogen-bond acceptors (Lipinski definition) is 2. The molecular weight excluding hydrogens is 208 g/mol. The van der Waals surface area contributed by atoms with Crippen LogP contribution in [-0.4, -0.2) is 12.0 Å². The first-order valence-electron chi connectivity index (χ1n) is 5.90. The quantitative estimate of drug-likeness (QED) is 0.857. The zero-order chi connectivity index (χ0) is 12.7. The molecule has 2 heteroatoms. The third-order valence-electron chi connectivity index (χ3n) is 2.58. The van der Waals surface area contributed by atoms with E-state index < -0.39 is 0 Å². The van der Waals surface area contributed by atoms with Gasteiger partial charge in [-0.05, 0) is 38.1 Å². The molecule has 0 aliphatic heterocycles. The van der Waals surface area contributed by atoms with Gasteiger partial charge in [0.1, 0.15) is 0 Å². The maximum Gasteiger partial charge on any atom is 0.0704 e. The van der Waals surface area contributed by atoms with E-state index in [1.807, 2.05) is 18.3 Å². The molecule has 0 unspecified atom stereocenters. The van der Waals surface area contributed by atoms with Gasteiger partial charge in [0.2, 0.25) is 0 Å². The molecule has 2 N–H and O–H groups in total. The van der Waals surface area contributed by atoms with E-state index in [0.29, 0.717) is 0 Å². The maximum atomic E-state index is 4.50. The number of nitrogens with zero attached hydrogens (tertiary/aromatic N) is 1. The molecule has 2 rings (SSSR count). The van der Waals surface area contributed by atoms with Gasteiger partial charge in [-0.25, -0.2) is 0 Å². The van der Waals surface area contributed by atoms with Gasteiger partial charge < -0.3 is 5.73 Å². The zero-order valence-electron chi connectivity index (χ0n) is 10.8. The fourth-order valence-electron chi connectivity index (χ4n) is 1.79. The number of aryl methyl sites for hydroxylation is 2. The molecule has 2 aromatic rings. The van der Waals surface area contributed by atoms with Crippen LogP contribution >= 0.6 is 0 Å². The number of pyridine rings is 1. The van der Waals surface area contributed by atoms with Crippen LogP contribution < -0.4 is 5.73 Å². The number of nitrogens with two attached hydrogens (primary N) is 1. The molecule has 2 nitrogen and oxygen atoms in total. The molecule has 0 radical (unpaired) electrons. The van der Waals surface area contributed by atoms with E-state index in [1.165, 1.54) is 23.7 Å². The van der Waals surface area contributed by atoms with Crippen LogP contribution in [0, 0.1) is 6.92 Å². The molecule has 0 atom stereocenters. The van der Waals surface area contributed by atoms with Crippen LogP contribution in [0.25, 0.3) is 11.3 Å². The van der Waals surface area contributed by atoms with Crippen molar-refractivity contribution >= 4 is 0 Å². The molecule has 1 aromatic carbocycles. The first-order valence-corrected chi connectivity index (χ1v) is 5.90. The summed E-state index contributed by atoms with van der Waals surface area (Å²) in [4.78, 5) is 4.39. The lowest BCUT2D eigenvalue weighted by molar-refractivity contribution is 1.13. The average molecular weight is 228 g/mol. The van der Waals surface area contributed by atoms with Crippen LogP contribution in [0.5, 0.6) is 0 Å². The fourth-order valence-corrected chi connectivity index (χ4v) is 1.79. The van der Waals surface area contributed by atoms with Crippen molar-refractivity contribution in [1.82, 2.24) is 4.98 Å². The molecule has 0 saturated carbocycles. The molecular formula is C15H20N2. The van der Waals surface area contributed by atoms with Gasteiger partial charge in [-0.15, -0.1) is 0 Å². The number of aromatic nitrogens is 1. The Labute approximate surface area is 104 Å². The van der Waals surface area contributed by atoms with Gasteiger partial charge in [-0.3, -0.25) is 4.98 Å². The molecule has 1 heterocycles. The summed E-state index contributed by atoms with van der Waals surface area (Å²) in [5, 5.41) is 0. The molecule has 0 fully saturated rings. The summed E-state index contributed by atoms with van der Waals surface area (Å²) in [6.45, 7) is 4.31. The van der Waals surface area contributed by atoms with Gasteiger partial charge >= 0.3 is 0 Å². The summed E-state index contributed by atoms with van der Waals surface area (Å²) < 4.78 is 0. The lowest BCUT2D eigenvalue weighted by Gasteiger charge is -2.07. The Morgan fingerprint density at radius 3 is 2.47 bits per heavy atom. The second-order valence-electron chi connectivity index (χ2n) is 3.73. The minimum atomic E-state index is 1.05. The molecule has 0 spiro atoms. The second kappa shape index (κ2) is 6.81. The summed E-state index contributed by atoms with van der Waals surface area (Å²) in [6, 6.07) is 12.6. The smallest absolute Gasteiger partial charge is 0.0704 e. The monoisotopic (exact) mass is 228 g/mol. The van der Waals surface area contributed by atoms with E-state index in [1.54, 1.807) is 0 Å². The molecule has 0 saturated heterocycles. The first-order chi connectivity index (χ1) is 8.31. The summed E-state index contributed by atoms with van der Waals surface area (Å²) in [5.41, 5.74) is 9.50. The minimum absolute atomic E-state index is 1.05. The van der Waals surface area contributed by atoms with Gasteiger partial charge in [0.05, 0.1) is 5.69 Å². The van der Waals surface area contributed by atoms with Gasteiger partial charge in [0.15, 0.2) is 0 Å². The van der Waals surface area contributed by atoms with Crippen LogP contribution in [0.3, 0.4) is 0 Å². The van der Waals surface area contributed by atoms with E-state index in [2.05, 4.69) is 48.8 Å². The second-order valence-corrected chi connectivity index (χ2v) is 3.73. The van der Waals surface area contributed by atoms with E-state index in [9.17, 15) is 0 Å². The third-order valence-corrected chi connectivity index (χ3v) is 2.58. The highest BCUT2D eigenvalue weighted by Crippen LogP contribution is 2.22. The third kappa shape index (κ3) is 3.40. The number of benzene rings is 1. The Balaban J connectivity index is 0.000000686. The SMILES string of the molecule is CCc1cc(C)ccc1-c1ccccn1.CN. The summed E-state index contributed by atoms with van der Waals surface area (Å²) >= 11 is 0. The molecule has 0 bridgehead atoms. The van der Waals surface area contributed by atoms with E-state index in [4.69, 9.17) is 0 Å². The van der Waals surface area contributed by atoms with Crippen LogP contribution in [0.4, 0.5) is 0 Å². The Hall–Kier alpha value is -1.67. The normalized spacial score (nSPS) is 9.41. The lowest BCUT2D eigenvalue weighted by atomic mass is 10.00. The van der Waals surface area contributed by atoms with Crippen molar-refractivity contribution in [2.75, 3.05) is 7.05 Å². The van der Waals surface area contributed by atoms with Crippen molar-refractivity contribution in [3.63, 3.8) is 0 Å². The van der Waals surface area contributed by atoms with Crippen molar-refractivity contribution in [3.05, 3.63) is 53.7 Å². The largest absolute Gasteiger partial charge is 0.333 e. The van der Waals surface area contributed by atoms with Crippen LogP contribution in [0.2, 0.25) is 0 Å². The Morgan fingerprint density at radius 2 is 1.88 bits per heavy atom. The first kappa shape index (κ1) is 13.4. The summed E-state index contributed by atoms with van der Waals surface area (Å²) in [7, 11) is 1.50. The Morgan fingerprint density at radius 1 is 1.12 bits per heavy atom. The molecule has 1 aromatic heterocycles. The fraction of sp³-hybridized carbons (Fsp3) is 0.267. The van der Waals surface area contributed by atoms with E-state index in [0.717, 1.165) is 12.1 Å². The summed E-state index contributed by atoms with van der Waals surface area (Å²) in [5.74, 6) is 0. The average Bonchev–Trinajstić information content (AvgIpc) is 2.42. The predicted molar refractivity (Wildman–Crippen MR) is 73.9 cm³/mol. The molecule has 17 heavy (non-hydrogen) atoms. The van der Waals surface area contributed by atoms with Crippen molar-refractivity contribution in [2.24, 2.45) is 5.73 Å². The van der Waals surface area contributed by atoms with Crippen molar-refractivity contribution < 1.29 is 0 Å². The highest BCUT2D eigenvalue weighted by Gasteiger charge is 2.03. The van der Waals surface area contributed by atoms with Gasteiger partial charge in [0, 0.05) is 11.8 Å². The molecule has 0 amide bonds. The summed E-state index contributed by atoms with van der Waals surface area (Å²) in [6.07, 6.45) is 2.89. The lowest BCUT2D eigenvalue weighted by Crippen LogP contribution is -1.90. The van der Waals surface area contributed by atoms with Crippen molar-refractivity contribution in [1.29, 1.82) is 0 Å². The molecule has 0 aliphatic rings. The topological polar surface area (TPSA) is 38.9 Å². The van der Waals surface area contributed by atoms with Gasteiger partial charge in [0.25, 0.3) is 0 Å². The van der Waals surface area contributed by atoms with Crippen LogP contribution in [0.1, 0.15) is 18.1 Å². The maximum absolute atomic E-state index is 4.50. The van der Waals surface area contributed by atoms with Crippen LogP contribution in [0.15, 0.2) is 42.6 Å². The zero-order valence-corrected chi connectivity index (χ0v) is 10.8. The van der Waals surface area contributed by atoms with Crippen molar-refractivity contribution in [2.45, 2.75) is 20.3 Å². The van der Waals surface area contributed by atoms with Crippen LogP contribution in [-0.2, 0) is 6.42 Å². The Bertz CT molecular complexity index is 450. The number of rotatable bonds is 2. The van der Waals surface area contributed by atoms with Gasteiger partial charge in [-0.1, -0.05) is 36.8 Å². The predicted octanol–water partition coefficient (Wildman–Crippen LogP) is 3.19. The highest BCUT2D eigenvalue weighted by molar-refractivity contribution is 5.64.